The largest absolute Gasteiger partial charge is 0.497 e. The molecule has 0 fully saturated rings. The van der Waals surface area contributed by atoms with Crippen LogP contribution < -0.4 is 61.3 Å². The van der Waals surface area contributed by atoms with Crippen molar-refractivity contribution < 1.29 is 33.3 Å². The molecule has 0 atom stereocenters. The molecule has 0 aliphatic carbocycles. The number of halogens is 2. The molecule has 0 spiro atoms. The van der Waals surface area contributed by atoms with Crippen LogP contribution in [-0.4, -0.2) is 117 Å². The van der Waals surface area contributed by atoms with Gasteiger partial charge < -0.3 is 61.3 Å². The second-order valence-corrected chi connectivity index (χ2v) is 32.9. The second-order valence-electron chi connectivity index (χ2n) is 30.6. The lowest BCUT2D eigenvalue weighted by molar-refractivity contribution is 0.0950. The first-order valence-electron chi connectivity index (χ1n) is 43.9. The van der Waals surface area contributed by atoms with Crippen LogP contribution in [0.4, 0.5) is 57.8 Å². The highest BCUT2D eigenvalue weighted by atomic mass is 79.9. The van der Waals surface area contributed by atoms with Gasteiger partial charge in [0.05, 0.1) is 102 Å². The number of carbonyl (C=O) groups excluding carboxylic acids is 2. The Kier molecular flexibility index (Phi) is 30.5. The number of aromatic nitrogens is 14. The molecule has 0 saturated carbocycles. The predicted molar refractivity (Wildman–Crippen MR) is 559 cm³/mol. The van der Waals surface area contributed by atoms with Crippen LogP contribution >= 0.6 is 38.9 Å². The average molecular weight is 1950 g/mol. The van der Waals surface area contributed by atoms with Crippen LogP contribution in [0.2, 0.25) is 5.02 Å². The Bertz CT molecular complexity index is 7890. The van der Waals surface area contributed by atoms with E-state index in [4.69, 9.17) is 80.9 Å². The highest BCUT2D eigenvalue weighted by Gasteiger charge is 2.22. The number of nitrogens with two attached hydrogens (primary N) is 1. The van der Waals surface area contributed by atoms with Gasteiger partial charge in [-0.1, -0.05) is 151 Å². The number of benzene rings is 11. The maximum atomic E-state index is 13.0. The molecule has 0 radical (unpaired) electrons. The van der Waals surface area contributed by atoms with Crippen molar-refractivity contribution in [1.82, 2.24) is 75.1 Å². The van der Waals surface area contributed by atoms with Crippen molar-refractivity contribution in [3.63, 3.8) is 0 Å². The first-order chi connectivity index (χ1) is 68.7. The van der Waals surface area contributed by atoms with Crippen LogP contribution in [0, 0.1) is 0 Å². The van der Waals surface area contributed by atoms with Gasteiger partial charge in [0.1, 0.15) is 69.5 Å². The molecular weight excluding hydrogens is 1860 g/mol. The summed E-state index contributed by atoms with van der Waals surface area (Å²) in [6, 6.07) is 101. The number of para-hydroxylation sites is 3. The zero-order valence-electron chi connectivity index (χ0n) is 75.9. The number of pyridine rings is 4. The minimum absolute atomic E-state index is 0.167. The number of methoxy groups -OCH3 is 4. The summed E-state index contributed by atoms with van der Waals surface area (Å²) in [5.41, 5.74) is 17.0. The van der Waals surface area contributed by atoms with E-state index in [1.165, 1.54) is 0 Å². The quantitative estimate of drug-likeness (QED) is 0.0279. The van der Waals surface area contributed by atoms with E-state index < -0.39 is 5.91 Å². The lowest BCUT2D eigenvalue weighted by Crippen LogP contribution is -2.23. The topological polar surface area (TPSA) is 359 Å². The monoisotopic (exact) mass is 1950 g/mol. The third-order valence-corrected chi connectivity index (χ3v) is 23.2. The Morgan fingerprint density at radius 2 is 0.721 bits per heavy atom. The second kappa shape index (κ2) is 45.4. The zero-order chi connectivity index (χ0) is 96.5. The number of primary amides is 1. The van der Waals surface area contributed by atoms with E-state index in [0.717, 1.165) is 126 Å². The fraction of sp³-hybridized carbons (Fsp3) is 0.0642. The molecule has 10 aromatic heterocycles. The molecule has 0 unspecified atom stereocenters. The van der Waals surface area contributed by atoms with Crippen LogP contribution in [0.5, 0.6) is 28.7 Å². The number of amides is 2. The SMILES string of the molecule is CCOc1ccc2nc(-c3cccnc3)nc(Nc3ccccc3C(N)=O)c2c1.COc1ccc2nc(-c3ccccc3)nc(Nc3ccc(Cl)cn3)c2c1.COc1ccc2nc(-c3ccccc3)nc(Nc3ccccc3Br)c2c1.COc1ccc2nc(-c3ccccc3)nc(Nc3ccccn3)c2c1.COc1ccc2nc(-c3cccnc3)nc(Nc3ccccc3C(=O)NCc3cccs3)c2c1. The lowest BCUT2D eigenvalue weighted by atomic mass is 10.1. The first-order valence-corrected chi connectivity index (χ1v) is 46.0. The standard InChI is InChI=1S/C26H21N5O2S.C22H19N5O2.C21H16BrN3O.C20H15ClN4O.C20H16N4O/c1-33-18-10-11-23-21(14-18)25(31-24(29-23)17-6-4-12-27-15-17)30-22-9-3-2-8-20(22)26(32)28-16-19-7-5-13-34-19;1-2-29-15-9-10-19-17(12-15)22(26-18-8-4-3-7-16(18)20(23)28)27-21(25-19)14-6-5-11-24-13-14;1-26-15-11-12-18-16(13-15)21(24-19-10-6-5-9-17(19)22)25-20(23-18)14-7-3-2-4-8-14;1-26-15-8-9-17-16(11-15)20(24-18-10-7-14(21)12-22-18)25-19(23-17)13-5-3-2-4-6-13;1-25-15-10-11-17-16(13-15)20(23-18-9-5-6-12-21-18)24-19(22-17)14-7-3-2-4-8-14/h2-15H,16H2,1H3,(H,28,32)(H,29,30,31);3-13H,2H2,1H3,(H2,23,28)(H,25,26,27);2-13H,1H3,(H,23,24,25);2-12H,1H3,(H,22,23,24,25);2-13H,1H3,(H,21,22,23,24). The Balaban J connectivity index is 0.000000121. The number of hydrogen-bond donors (Lipinski definition) is 7. The van der Waals surface area contributed by atoms with E-state index in [-0.39, 0.29) is 5.91 Å². The van der Waals surface area contributed by atoms with Gasteiger partial charge in [0, 0.05) is 101 Å². The smallest absolute Gasteiger partial charge is 0.253 e. The van der Waals surface area contributed by atoms with Crippen molar-refractivity contribution in [2.24, 2.45) is 5.73 Å². The fourth-order valence-electron chi connectivity index (χ4n) is 14.5. The Morgan fingerprint density at radius 3 is 1.11 bits per heavy atom. The molecule has 2 amide bonds. The van der Waals surface area contributed by atoms with Crippen molar-refractivity contribution in [2.45, 2.75) is 13.5 Å². The van der Waals surface area contributed by atoms with Crippen LogP contribution in [0.3, 0.4) is 0 Å². The summed E-state index contributed by atoms with van der Waals surface area (Å²) in [7, 11) is 6.55. The number of nitrogens with one attached hydrogen (secondary N) is 6. The lowest BCUT2D eigenvalue weighted by Gasteiger charge is -2.15. The third kappa shape index (κ3) is 23.5. The van der Waals surface area contributed by atoms with Gasteiger partial charge in [-0.2, -0.15) is 0 Å². The molecule has 21 aromatic rings. The molecule has 28 nitrogen and oxygen atoms in total. The molecule has 21 rings (SSSR count). The molecule has 8 N–H and O–H groups in total. The number of hydrogen-bond acceptors (Lipinski definition) is 27. The van der Waals surface area contributed by atoms with Crippen molar-refractivity contribution in [1.29, 1.82) is 0 Å². The van der Waals surface area contributed by atoms with Gasteiger partial charge in [-0.25, -0.2) is 59.8 Å². The molecule has 11 aromatic carbocycles. The number of thiophene rings is 1. The average Bonchev–Trinajstić information content (AvgIpc) is 0.896. The summed E-state index contributed by atoms with van der Waals surface area (Å²) in [4.78, 5) is 90.1. The molecule has 0 aliphatic heterocycles. The number of ether oxygens (including phenoxy) is 5. The van der Waals surface area contributed by atoms with Gasteiger partial charge in [-0.05, 0) is 210 Å². The molecule has 31 heteroatoms. The third-order valence-electron chi connectivity index (χ3n) is 21.4. The Labute approximate surface area is 821 Å². The van der Waals surface area contributed by atoms with Gasteiger partial charge >= 0.3 is 0 Å². The highest BCUT2D eigenvalue weighted by Crippen LogP contribution is 2.39. The first kappa shape index (κ1) is 93.9. The summed E-state index contributed by atoms with van der Waals surface area (Å²) in [5, 5.41) is 26.3. The number of nitrogens with zero attached hydrogens (tertiary/aromatic N) is 14. The molecule has 140 heavy (non-hydrogen) atoms. The Hall–Kier alpha value is -17.9. The zero-order valence-corrected chi connectivity index (χ0v) is 79.1. The summed E-state index contributed by atoms with van der Waals surface area (Å²) in [6.45, 7) is 2.95. The van der Waals surface area contributed by atoms with E-state index >= 15 is 0 Å². The van der Waals surface area contributed by atoms with Crippen LogP contribution in [0.25, 0.3) is 111 Å². The summed E-state index contributed by atoms with van der Waals surface area (Å²) in [6.07, 6.45) is 10.2. The van der Waals surface area contributed by atoms with Crippen LogP contribution in [0.1, 0.15) is 32.5 Å². The predicted octanol–water partition coefficient (Wildman–Crippen LogP) is 24.7. The van der Waals surface area contributed by atoms with E-state index in [2.05, 4.69) is 77.7 Å². The number of anilines is 10. The molecular formula is C109H87BrClN21O7S. The molecule has 0 bridgehead atoms. The van der Waals surface area contributed by atoms with E-state index in [9.17, 15) is 9.59 Å². The van der Waals surface area contributed by atoms with Crippen LogP contribution in [-0.2, 0) is 6.54 Å². The van der Waals surface area contributed by atoms with Gasteiger partial charge in [0.15, 0.2) is 29.1 Å². The fourth-order valence-corrected chi connectivity index (χ4v) is 15.7. The van der Waals surface area contributed by atoms with Gasteiger partial charge in [0.2, 0.25) is 0 Å². The highest BCUT2D eigenvalue weighted by molar-refractivity contribution is 9.10. The van der Waals surface area contributed by atoms with Crippen molar-refractivity contribution >= 4 is 163 Å². The molecule has 690 valence electrons. The maximum Gasteiger partial charge on any atom is 0.253 e. The Morgan fingerprint density at radius 1 is 0.350 bits per heavy atom. The number of rotatable bonds is 25. The van der Waals surface area contributed by atoms with Crippen molar-refractivity contribution in [3.05, 3.63) is 390 Å². The van der Waals surface area contributed by atoms with Crippen LogP contribution in [0.15, 0.2) is 369 Å². The normalized spacial score (nSPS) is 10.7. The molecule has 0 aliphatic rings. The van der Waals surface area contributed by atoms with E-state index in [0.29, 0.717) is 110 Å². The van der Waals surface area contributed by atoms with Crippen molar-refractivity contribution in [3.8, 4) is 85.7 Å². The van der Waals surface area contributed by atoms with Gasteiger partial charge in [0.25, 0.3) is 11.8 Å². The van der Waals surface area contributed by atoms with Gasteiger partial charge in [-0.3, -0.25) is 19.6 Å². The minimum Gasteiger partial charge on any atom is -0.497 e. The molecule has 10 heterocycles. The van der Waals surface area contributed by atoms with Gasteiger partial charge in [-0.15, -0.1) is 11.3 Å². The number of carbonyl (C=O) groups is 2. The summed E-state index contributed by atoms with van der Waals surface area (Å²) >= 11 is 11.1. The molecule has 0 saturated heterocycles. The van der Waals surface area contributed by atoms with E-state index in [1.54, 1.807) is 113 Å². The summed E-state index contributed by atoms with van der Waals surface area (Å²) in [5.74, 6) is 10.6. The van der Waals surface area contributed by atoms with Crippen molar-refractivity contribution in [2.75, 3.05) is 61.6 Å². The minimum atomic E-state index is -0.519. The van der Waals surface area contributed by atoms with E-state index in [1.807, 2.05) is 297 Å². The maximum absolute atomic E-state index is 13.0. The summed E-state index contributed by atoms with van der Waals surface area (Å²) < 4.78 is 28.1. The number of fused-ring (bicyclic) bond motifs is 5.